The molecule has 21 heavy (non-hydrogen) atoms. The lowest BCUT2D eigenvalue weighted by molar-refractivity contribution is 0.0589. The van der Waals surface area contributed by atoms with Crippen molar-refractivity contribution in [3.05, 3.63) is 35.2 Å². The summed E-state index contributed by atoms with van der Waals surface area (Å²) in [5, 5.41) is 7.14. The topological polar surface area (TPSA) is 66.8 Å². The van der Waals surface area contributed by atoms with Gasteiger partial charge < -0.3 is 9.47 Å². The van der Waals surface area contributed by atoms with Gasteiger partial charge in [0, 0.05) is 19.8 Å². The summed E-state index contributed by atoms with van der Waals surface area (Å²) in [6.07, 6.45) is 4.99. The van der Waals surface area contributed by atoms with Crippen LogP contribution in [0.1, 0.15) is 53.0 Å². The van der Waals surface area contributed by atoms with Crippen LogP contribution < -0.4 is 0 Å². The fourth-order valence-corrected chi connectivity index (χ4v) is 3.06. The molecule has 3 rings (SSSR count). The number of hydrogen-bond donors (Lipinski definition) is 1. The lowest BCUT2D eigenvalue weighted by Gasteiger charge is -2.34. The maximum Gasteiger partial charge on any atom is 0.271 e. The summed E-state index contributed by atoms with van der Waals surface area (Å²) in [7, 11) is 1.91. The van der Waals surface area contributed by atoms with Crippen LogP contribution in [0.2, 0.25) is 0 Å². The smallest absolute Gasteiger partial charge is 0.271 e. The monoisotopic (exact) mass is 287 g/mol. The normalized spacial score (nSPS) is 19.0. The highest BCUT2D eigenvalue weighted by Crippen LogP contribution is 2.30. The van der Waals surface area contributed by atoms with Crippen molar-refractivity contribution in [2.45, 2.75) is 39.2 Å². The molecule has 0 saturated carbocycles. The average molecular weight is 287 g/mol. The van der Waals surface area contributed by atoms with Crippen molar-refractivity contribution in [3.8, 4) is 0 Å². The second kappa shape index (κ2) is 5.35. The van der Waals surface area contributed by atoms with E-state index in [9.17, 15) is 4.79 Å². The average Bonchev–Trinajstić information content (AvgIpc) is 3.05. The van der Waals surface area contributed by atoms with Gasteiger partial charge in [-0.1, -0.05) is 0 Å². The van der Waals surface area contributed by atoms with Crippen LogP contribution in [0.4, 0.5) is 0 Å². The second-order valence-corrected chi connectivity index (χ2v) is 5.75. The van der Waals surface area contributed by atoms with Gasteiger partial charge in [-0.3, -0.25) is 9.89 Å². The van der Waals surface area contributed by atoms with Crippen molar-refractivity contribution < 1.29 is 4.79 Å². The standard InChI is InChI=1S/C15H21N5O/c1-10-7-9-19(3)13(10)15(21)20-8-5-4-6-12(20)14-16-11(2)17-18-14/h7,9,12H,4-6,8H2,1-3H3,(H,16,17,18). The second-order valence-electron chi connectivity index (χ2n) is 5.75. The van der Waals surface area contributed by atoms with E-state index < -0.39 is 0 Å². The highest BCUT2D eigenvalue weighted by molar-refractivity contribution is 5.94. The highest BCUT2D eigenvalue weighted by atomic mass is 16.2. The zero-order valence-electron chi connectivity index (χ0n) is 12.8. The number of nitrogens with zero attached hydrogens (tertiary/aromatic N) is 4. The van der Waals surface area contributed by atoms with E-state index in [4.69, 9.17) is 0 Å². The van der Waals surface area contributed by atoms with Gasteiger partial charge in [0.05, 0.1) is 6.04 Å². The first-order valence-electron chi connectivity index (χ1n) is 7.39. The van der Waals surface area contributed by atoms with Gasteiger partial charge in [0.15, 0.2) is 5.82 Å². The van der Waals surface area contributed by atoms with Gasteiger partial charge in [0.1, 0.15) is 11.5 Å². The summed E-state index contributed by atoms with van der Waals surface area (Å²) in [6, 6.07) is 1.95. The van der Waals surface area contributed by atoms with Gasteiger partial charge >= 0.3 is 0 Å². The van der Waals surface area contributed by atoms with Gasteiger partial charge in [0.25, 0.3) is 5.91 Å². The SMILES string of the molecule is Cc1nc(C2CCCCN2C(=O)c2c(C)ccn2C)n[nH]1. The Hall–Kier alpha value is -2.11. The van der Waals surface area contributed by atoms with Crippen molar-refractivity contribution in [1.29, 1.82) is 0 Å². The number of carbonyl (C=O) groups excluding carboxylic acids is 1. The lowest BCUT2D eigenvalue weighted by atomic mass is 10.0. The molecule has 112 valence electrons. The molecule has 0 radical (unpaired) electrons. The van der Waals surface area contributed by atoms with E-state index in [1.807, 2.05) is 42.6 Å². The molecule has 1 N–H and O–H groups in total. The third-order valence-corrected chi connectivity index (χ3v) is 4.15. The number of aromatic nitrogens is 4. The molecule has 0 spiro atoms. The van der Waals surface area contributed by atoms with E-state index >= 15 is 0 Å². The molecule has 2 aromatic heterocycles. The fraction of sp³-hybridized carbons (Fsp3) is 0.533. The molecule has 6 heteroatoms. The number of likely N-dealkylation sites (tertiary alicyclic amines) is 1. The summed E-state index contributed by atoms with van der Waals surface area (Å²) in [6.45, 7) is 4.62. The molecule has 1 aliphatic heterocycles. The molecule has 1 saturated heterocycles. The third-order valence-electron chi connectivity index (χ3n) is 4.15. The van der Waals surface area contributed by atoms with Crippen LogP contribution in [0.15, 0.2) is 12.3 Å². The zero-order chi connectivity index (χ0) is 15.0. The van der Waals surface area contributed by atoms with Crippen molar-refractivity contribution in [2.24, 2.45) is 7.05 Å². The first-order valence-corrected chi connectivity index (χ1v) is 7.39. The summed E-state index contributed by atoms with van der Waals surface area (Å²) in [4.78, 5) is 19.3. The summed E-state index contributed by atoms with van der Waals surface area (Å²) in [5.74, 6) is 1.59. The van der Waals surface area contributed by atoms with Crippen LogP contribution in [0.3, 0.4) is 0 Å². The van der Waals surface area contributed by atoms with Crippen molar-refractivity contribution >= 4 is 5.91 Å². The number of carbonyl (C=O) groups is 1. The van der Waals surface area contributed by atoms with Gasteiger partial charge in [-0.05, 0) is 44.7 Å². The van der Waals surface area contributed by atoms with Crippen LogP contribution in [0.5, 0.6) is 0 Å². The number of hydrogen-bond acceptors (Lipinski definition) is 3. The molecule has 3 heterocycles. The Labute approximate surface area is 124 Å². The minimum atomic E-state index is -0.0227. The Morgan fingerprint density at radius 3 is 2.81 bits per heavy atom. The molecule has 1 amide bonds. The van der Waals surface area contributed by atoms with Crippen molar-refractivity contribution in [2.75, 3.05) is 6.54 Å². The molecule has 0 bridgehead atoms. The summed E-state index contributed by atoms with van der Waals surface area (Å²) in [5.41, 5.74) is 1.77. The van der Waals surface area contributed by atoms with E-state index in [-0.39, 0.29) is 11.9 Å². The highest BCUT2D eigenvalue weighted by Gasteiger charge is 2.32. The minimum absolute atomic E-state index is 0.0227. The quantitative estimate of drug-likeness (QED) is 0.920. The maximum atomic E-state index is 12.9. The molecule has 1 atom stereocenters. The van der Waals surface area contributed by atoms with Crippen LogP contribution in [0.25, 0.3) is 0 Å². The van der Waals surface area contributed by atoms with E-state index in [1.54, 1.807) is 0 Å². The van der Waals surface area contributed by atoms with Crippen LogP contribution in [0, 0.1) is 13.8 Å². The minimum Gasteiger partial charge on any atom is -0.346 e. The molecule has 1 unspecified atom stereocenters. The first-order chi connectivity index (χ1) is 10.1. The summed E-state index contributed by atoms with van der Waals surface area (Å²) < 4.78 is 1.90. The predicted octanol–water partition coefficient (Wildman–Crippen LogP) is 2.13. The number of aryl methyl sites for hydroxylation is 3. The van der Waals surface area contributed by atoms with Gasteiger partial charge in [0.2, 0.25) is 0 Å². The van der Waals surface area contributed by atoms with E-state index in [1.165, 1.54) is 0 Å². The van der Waals surface area contributed by atoms with E-state index in [0.29, 0.717) is 0 Å². The molecule has 0 aliphatic carbocycles. The molecule has 2 aromatic rings. The van der Waals surface area contributed by atoms with Crippen LogP contribution >= 0.6 is 0 Å². The number of aromatic amines is 1. The molecule has 0 aromatic carbocycles. The molecular weight excluding hydrogens is 266 g/mol. The Morgan fingerprint density at radius 1 is 1.38 bits per heavy atom. The largest absolute Gasteiger partial charge is 0.346 e. The lowest BCUT2D eigenvalue weighted by Crippen LogP contribution is -2.40. The van der Waals surface area contributed by atoms with Gasteiger partial charge in [-0.15, -0.1) is 0 Å². The number of nitrogens with one attached hydrogen (secondary N) is 1. The van der Waals surface area contributed by atoms with E-state index in [2.05, 4.69) is 15.2 Å². The molecule has 1 fully saturated rings. The number of H-pyrrole nitrogens is 1. The van der Waals surface area contributed by atoms with Crippen molar-refractivity contribution in [1.82, 2.24) is 24.6 Å². The summed E-state index contributed by atoms with van der Waals surface area (Å²) >= 11 is 0. The van der Waals surface area contributed by atoms with Crippen LogP contribution in [-0.2, 0) is 7.05 Å². The van der Waals surface area contributed by atoms with Crippen LogP contribution in [-0.4, -0.2) is 37.1 Å². The number of amides is 1. The predicted molar refractivity (Wildman–Crippen MR) is 78.9 cm³/mol. The molecule has 1 aliphatic rings. The van der Waals surface area contributed by atoms with E-state index in [0.717, 1.165) is 48.7 Å². The maximum absolute atomic E-state index is 12.9. The van der Waals surface area contributed by atoms with Gasteiger partial charge in [-0.2, -0.15) is 5.10 Å². The Morgan fingerprint density at radius 2 is 2.19 bits per heavy atom. The molecular formula is C15H21N5O. The Balaban J connectivity index is 1.93. The third kappa shape index (κ3) is 2.46. The number of piperidine rings is 1. The fourth-order valence-electron chi connectivity index (χ4n) is 3.06. The Kier molecular flexibility index (Phi) is 3.53. The number of rotatable bonds is 2. The van der Waals surface area contributed by atoms with Crippen molar-refractivity contribution in [3.63, 3.8) is 0 Å². The Bertz CT molecular complexity index is 637. The molecule has 6 nitrogen and oxygen atoms in total. The zero-order valence-corrected chi connectivity index (χ0v) is 12.8. The van der Waals surface area contributed by atoms with Gasteiger partial charge in [-0.25, -0.2) is 4.98 Å². The first kappa shape index (κ1) is 13.9.